The summed E-state index contributed by atoms with van der Waals surface area (Å²) in [4.78, 5) is 0. The molecule has 0 aliphatic heterocycles. The van der Waals surface area contributed by atoms with Crippen molar-refractivity contribution in [3.63, 3.8) is 0 Å². The van der Waals surface area contributed by atoms with Crippen molar-refractivity contribution in [2.24, 2.45) is 5.73 Å². The molecular formula is C19H24FNO. The highest BCUT2D eigenvalue weighted by Crippen LogP contribution is 2.23. The standard InChI is InChI=1S/C19H24FNO/c1-14(2)15-6-5-7-17(12-15)22-11-10-16(13-21)18-8-3-4-9-19(18)20/h3-9,12,14,16H,10-11,13,21H2,1-2H3. The van der Waals surface area contributed by atoms with Crippen molar-refractivity contribution in [1.82, 2.24) is 0 Å². The van der Waals surface area contributed by atoms with E-state index in [1.165, 1.54) is 11.6 Å². The first-order chi connectivity index (χ1) is 10.6. The smallest absolute Gasteiger partial charge is 0.126 e. The molecule has 1 unspecified atom stereocenters. The first kappa shape index (κ1) is 16.5. The van der Waals surface area contributed by atoms with Crippen LogP contribution in [0.2, 0.25) is 0 Å². The lowest BCUT2D eigenvalue weighted by atomic mass is 9.96. The molecule has 0 radical (unpaired) electrons. The third kappa shape index (κ3) is 4.31. The van der Waals surface area contributed by atoms with Gasteiger partial charge in [-0.25, -0.2) is 4.39 Å². The second kappa shape index (κ2) is 7.95. The van der Waals surface area contributed by atoms with E-state index in [0.29, 0.717) is 31.1 Å². The Kier molecular flexibility index (Phi) is 5.96. The molecule has 118 valence electrons. The molecule has 0 aliphatic rings. The maximum absolute atomic E-state index is 13.8. The zero-order chi connectivity index (χ0) is 15.9. The fraction of sp³-hybridized carbons (Fsp3) is 0.368. The summed E-state index contributed by atoms with van der Waals surface area (Å²) in [5, 5.41) is 0. The second-order valence-corrected chi connectivity index (χ2v) is 5.82. The monoisotopic (exact) mass is 301 g/mol. The Morgan fingerprint density at radius 1 is 1.09 bits per heavy atom. The molecular weight excluding hydrogens is 277 g/mol. The van der Waals surface area contributed by atoms with Crippen LogP contribution in [0.25, 0.3) is 0 Å². The van der Waals surface area contributed by atoms with Crippen LogP contribution < -0.4 is 10.5 Å². The SMILES string of the molecule is CC(C)c1cccc(OCCC(CN)c2ccccc2F)c1. The van der Waals surface area contributed by atoms with E-state index in [1.54, 1.807) is 12.1 Å². The summed E-state index contributed by atoms with van der Waals surface area (Å²) >= 11 is 0. The molecule has 0 saturated carbocycles. The van der Waals surface area contributed by atoms with Crippen LogP contribution in [0.1, 0.15) is 43.2 Å². The van der Waals surface area contributed by atoms with Crippen LogP contribution in [0.5, 0.6) is 5.75 Å². The van der Waals surface area contributed by atoms with Gasteiger partial charge in [0.2, 0.25) is 0 Å². The van der Waals surface area contributed by atoms with E-state index >= 15 is 0 Å². The molecule has 2 aromatic carbocycles. The average Bonchev–Trinajstić information content (AvgIpc) is 2.53. The Morgan fingerprint density at radius 2 is 1.86 bits per heavy atom. The highest BCUT2D eigenvalue weighted by Gasteiger charge is 2.14. The van der Waals surface area contributed by atoms with Gasteiger partial charge < -0.3 is 10.5 Å². The van der Waals surface area contributed by atoms with Crippen molar-refractivity contribution in [2.75, 3.05) is 13.2 Å². The number of halogens is 1. The molecule has 0 fully saturated rings. The van der Waals surface area contributed by atoms with E-state index in [9.17, 15) is 4.39 Å². The Bertz CT molecular complexity index is 597. The quantitative estimate of drug-likeness (QED) is 0.819. The van der Waals surface area contributed by atoms with E-state index in [4.69, 9.17) is 10.5 Å². The Morgan fingerprint density at radius 3 is 2.55 bits per heavy atom. The maximum Gasteiger partial charge on any atom is 0.126 e. The van der Waals surface area contributed by atoms with Gasteiger partial charge in [0.05, 0.1) is 6.61 Å². The van der Waals surface area contributed by atoms with Crippen molar-refractivity contribution >= 4 is 0 Å². The van der Waals surface area contributed by atoms with E-state index in [2.05, 4.69) is 26.0 Å². The molecule has 2 aromatic rings. The first-order valence-corrected chi connectivity index (χ1v) is 7.79. The van der Waals surface area contributed by atoms with Gasteiger partial charge in [-0.05, 0) is 48.2 Å². The van der Waals surface area contributed by atoms with Gasteiger partial charge in [0.15, 0.2) is 0 Å². The number of hydrogen-bond donors (Lipinski definition) is 1. The Labute approximate surface area is 132 Å². The highest BCUT2D eigenvalue weighted by atomic mass is 19.1. The summed E-state index contributed by atoms with van der Waals surface area (Å²) in [6.45, 7) is 5.25. The van der Waals surface area contributed by atoms with E-state index < -0.39 is 0 Å². The minimum atomic E-state index is -0.195. The van der Waals surface area contributed by atoms with Crippen LogP contribution in [0.4, 0.5) is 4.39 Å². The molecule has 0 bridgehead atoms. The fourth-order valence-electron chi connectivity index (χ4n) is 2.49. The van der Waals surface area contributed by atoms with Gasteiger partial charge in [0.25, 0.3) is 0 Å². The van der Waals surface area contributed by atoms with Crippen molar-refractivity contribution in [3.8, 4) is 5.75 Å². The summed E-state index contributed by atoms with van der Waals surface area (Å²) in [7, 11) is 0. The predicted molar refractivity (Wildman–Crippen MR) is 88.8 cm³/mol. The summed E-state index contributed by atoms with van der Waals surface area (Å²) < 4.78 is 19.6. The van der Waals surface area contributed by atoms with Gasteiger partial charge in [-0.1, -0.05) is 44.2 Å². The summed E-state index contributed by atoms with van der Waals surface area (Å²) in [6, 6.07) is 14.9. The first-order valence-electron chi connectivity index (χ1n) is 7.79. The van der Waals surface area contributed by atoms with Crippen molar-refractivity contribution in [1.29, 1.82) is 0 Å². The predicted octanol–water partition coefficient (Wildman–Crippen LogP) is 4.46. The normalized spacial score (nSPS) is 12.4. The van der Waals surface area contributed by atoms with E-state index in [1.807, 2.05) is 18.2 Å². The highest BCUT2D eigenvalue weighted by molar-refractivity contribution is 5.30. The van der Waals surface area contributed by atoms with Crippen LogP contribution >= 0.6 is 0 Å². The largest absolute Gasteiger partial charge is 0.494 e. The Hall–Kier alpha value is -1.87. The van der Waals surface area contributed by atoms with Gasteiger partial charge >= 0.3 is 0 Å². The zero-order valence-corrected chi connectivity index (χ0v) is 13.3. The molecule has 0 aromatic heterocycles. The van der Waals surface area contributed by atoms with Crippen LogP contribution in [0.15, 0.2) is 48.5 Å². The van der Waals surface area contributed by atoms with Gasteiger partial charge in [0, 0.05) is 5.92 Å². The lowest BCUT2D eigenvalue weighted by Crippen LogP contribution is -2.16. The van der Waals surface area contributed by atoms with Crippen molar-refractivity contribution in [2.45, 2.75) is 32.1 Å². The van der Waals surface area contributed by atoms with Crippen LogP contribution in [0.3, 0.4) is 0 Å². The second-order valence-electron chi connectivity index (χ2n) is 5.82. The summed E-state index contributed by atoms with van der Waals surface area (Å²) in [5.74, 6) is 1.11. The van der Waals surface area contributed by atoms with E-state index in [-0.39, 0.29) is 11.7 Å². The minimum Gasteiger partial charge on any atom is -0.494 e. The van der Waals surface area contributed by atoms with Crippen LogP contribution in [0, 0.1) is 5.82 Å². The third-order valence-electron chi connectivity index (χ3n) is 3.89. The molecule has 0 amide bonds. The maximum atomic E-state index is 13.8. The molecule has 2 N–H and O–H groups in total. The molecule has 0 spiro atoms. The molecule has 2 rings (SSSR count). The molecule has 2 nitrogen and oxygen atoms in total. The van der Waals surface area contributed by atoms with Crippen molar-refractivity contribution < 1.29 is 9.13 Å². The van der Waals surface area contributed by atoms with Gasteiger partial charge in [-0.15, -0.1) is 0 Å². The van der Waals surface area contributed by atoms with E-state index in [0.717, 1.165) is 5.75 Å². The zero-order valence-electron chi connectivity index (χ0n) is 13.3. The van der Waals surface area contributed by atoms with Gasteiger partial charge in [-0.3, -0.25) is 0 Å². The number of nitrogens with two attached hydrogens (primary N) is 1. The van der Waals surface area contributed by atoms with Crippen molar-refractivity contribution in [3.05, 3.63) is 65.5 Å². The number of benzene rings is 2. The molecule has 3 heteroatoms. The minimum absolute atomic E-state index is 0.0190. The molecule has 0 heterocycles. The van der Waals surface area contributed by atoms with Gasteiger partial charge in [-0.2, -0.15) is 0 Å². The average molecular weight is 301 g/mol. The third-order valence-corrected chi connectivity index (χ3v) is 3.89. The number of rotatable bonds is 7. The van der Waals surface area contributed by atoms with Crippen LogP contribution in [-0.4, -0.2) is 13.2 Å². The fourth-order valence-corrected chi connectivity index (χ4v) is 2.49. The molecule has 0 saturated heterocycles. The number of hydrogen-bond acceptors (Lipinski definition) is 2. The molecule has 22 heavy (non-hydrogen) atoms. The van der Waals surface area contributed by atoms with Gasteiger partial charge in [0.1, 0.15) is 11.6 Å². The number of ether oxygens (including phenoxy) is 1. The summed E-state index contributed by atoms with van der Waals surface area (Å²) in [6.07, 6.45) is 0.698. The lowest BCUT2D eigenvalue weighted by Gasteiger charge is -2.17. The summed E-state index contributed by atoms with van der Waals surface area (Å²) in [5.41, 5.74) is 7.72. The lowest BCUT2D eigenvalue weighted by molar-refractivity contribution is 0.296. The molecule has 0 aliphatic carbocycles. The van der Waals surface area contributed by atoms with Crippen LogP contribution in [-0.2, 0) is 0 Å². The molecule has 1 atom stereocenters. The topological polar surface area (TPSA) is 35.2 Å². The Balaban J connectivity index is 1.95.